The molecule has 0 radical (unpaired) electrons. The third-order valence-corrected chi connectivity index (χ3v) is 4.22. The first-order valence-electron chi connectivity index (χ1n) is 5.64. The molecule has 2 aromatic rings. The summed E-state index contributed by atoms with van der Waals surface area (Å²) >= 11 is 21.6. The Morgan fingerprint density at radius 2 is 1.63 bits per heavy atom. The number of nitrogens with one attached hydrogen (secondary N) is 1. The number of rotatable bonds is 3. The van der Waals surface area contributed by atoms with Crippen LogP contribution in [0.15, 0.2) is 40.9 Å². The van der Waals surface area contributed by atoms with E-state index in [1.165, 1.54) is 0 Å². The van der Waals surface area contributed by atoms with Crippen LogP contribution in [0.1, 0.15) is 18.5 Å². The SMILES string of the molecule is CC(Nc1cc(Cl)ccc1Br)c1ccc(Cl)cc1Cl. The van der Waals surface area contributed by atoms with E-state index in [0.717, 1.165) is 15.7 Å². The van der Waals surface area contributed by atoms with Gasteiger partial charge in [-0.2, -0.15) is 0 Å². The summed E-state index contributed by atoms with van der Waals surface area (Å²) in [6.45, 7) is 2.03. The fourth-order valence-corrected chi connectivity index (χ4v) is 2.88. The molecule has 2 rings (SSSR count). The van der Waals surface area contributed by atoms with Crippen LogP contribution in [0.2, 0.25) is 15.1 Å². The summed E-state index contributed by atoms with van der Waals surface area (Å²) in [5.74, 6) is 0. The first kappa shape index (κ1) is 15.0. The summed E-state index contributed by atoms with van der Waals surface area (Å²) in [5, 5.41) is 5.32. The number of benzene rings is 2. The molecule has 1 nitrogen and oxygen atoms in total. The Bertz CT molecular complexity index is 601. The number of halogens is 4. The van der Waals surface area contributed by atoms with E-state index in [0.29, 0.717) is 15.1 Å². The lowest BCUT2D eigenvalue weighted by atomic mass is 10.1. The lowest BCUT2D eigenvalue weighted by Gasteiger charge is -2.18. The predicted molar refractivity (Wildman–Crippen MR) is 87.7 cm³/mol. The van der Waals surface area contributed by atoms with Crippen LogP contribution in [-0.4, -0.2) is 0 Å². The number of anilines is 1. The van der Waals surface area contributed by atoms with Gasteiger partial charge in [-0.05, 0) is 58.7 Å². The van der Waals surface area contributed by atoms with E-state index in [9.17, 15) is 0 Å². The molecular formula is C14H11BrCl3N. The van der Waals surface area contributed by atoms with E-state index in [4.69, 9.17) is 34.8 Å². The van der Waals surface area contributed by atoms with E-state index in [2.05, 4.69) is 21.2 Å². The zero-order valence-electron chi connectivity index (χ0n) is 10.1. The summed E-state index contributed by atoms with van der Waals surface area (Å²) in [7, 11) is 0. The second-order valence-electron chi connectivity index (χ2n) is 4.16. The zero-order valence-corrected chi connectivity index (χ0v) is 13.9. The van der Waals surface area contributed by atoms with E-state index in [1.54, 1.807) is 6.07 Å². The summed E-state index contributed by atoms with van der Waals surface area (Å²) in [6.07, 6.45) is 0. The first-order chi connectivity index (χ1) is 8.97. The Labute approximate surface area is 136 Å². The molecule has 0 saturated heterocycles. The molecule has 0 aliphatic rings. The Morgan fingerprint density at radius 1 is 1.00 bits per heavy atom. The van der Waals surface area contributed by atoms with Crippen LogP contribution in [0.25, 0.3) is 0 Å². The zero-order chi connectivity index (χ0) is 14.0. The van der Waals surface area contributed by atoms with Crippen molar-refractivity contribution in [3.05, 3.63) is 61.5 Å². The van der Waals surface area contributed by atoms with Crippen LogP contribution in [-0.2, 0) is 0 Å². The van der Waals surface area contributed by atoms with Crippen LogP contribution in [0.3, 0.4) is 0 Å². The second-order valence-corrected chi connectivity index (χ2v) is 6.29. The van der Waals surface area contributed by atoms with Gasteiger partial charge in [0.05, 0.1) is 11.7 Å². The number of hydrogen-bond acceptors (Lipinski definition) is 1. The van der Waals surface area contributed by atoms with Crippen LogP contribution in [0, 0.1) is 0 Å². The van der Waals surface area contributed by atoms with Crippen LogP contribution in [0.4, 0.5) is 5.69 Å². The Morgan fingerprint density at radius 3 is 2.32 bits per heavy atom. The highest BCUT2D eigenvalue weighted by molar-refractivity contribution is 9.10. The van der Waals surface area contributed by atoms with Gasteiger partial charge in [-0.15, -0.1) is 0 Å². The van der Waals surface area contributed by atoms with Crippen molar-refractivity contribution < 1.29 is 0 Å². The van der Waals surface area contributed by atoms with Gasteiger partial charge >= 0.3 is 0 Å². The van der Waals surface area contributed by atoms with Gasteiger partial charge in [-0.1, -0.05) is 40.9 Å². The molecule has 0 spiro atoms. The average molecular weight is 380 g/mol. The molecule has 0 fully saturated rings. The fourth-order valence-electron chi connectivity index (χ4n) is 1.77. The molecule has 0 aliphatic carbocycles. The molecule has 0 saturated carbocycles. The maximum Gasteiger partial charge on any atom is 0.0504 e. The molecule has 0 bridgehead atoms. The first-order valence-corrected chi connectivity index (χ1v) is 7.56. The highest BCUT2D eigenvalue weighted by Gasteiger charge is 2.11. The standard InChI is InChI=1S/C14H11BrCl3N/c1-8(11-4-2-9(16)6-13(11)18)19-14-7-10(17)3-5-12(14)15/h2-8,19H,1H3. The van der Waals surface area contributed by atoms with E-state index >= 15 is 0 Å². The van der Waals surface area contributed by atoms with E-state index < -0.39 is 0 Å². The minimum atomic E-state index is 0.0412. The predicted octanol–water partition coefficient (Wildman–Crippen LogP) is 6.58. The van der Waals surface area contributed by atoms with Crippen LogP contribution < -0.4 is 5.32 Å². The second kappa shape index (κ2) is 6.36. The van der Waals surface area contributed by atoms with Crippen molar-refractivity contribution in [2.75, 3.05) is 5.32 Å². The Kier molecular flexibility index (Phi) is 5.02. The molecule has 0 aromatic heterocycles. The van der Waals surface area contributed by atoms with Crippen molar-refractivity contribution in [1.82, 2.24) is 0 Å². The minimum Gasteiger partial charge on any atom is -0.378 e. The Hall–Kier alpha value is -0.410. The normalized spacial score (nSPS) is 12.3. The van der Waals surface area contributed by atoms with Gasteiger partial charge in [0, 0.05) is 19.5 Å². The quantitative estimate of drug-likeness (QED) is 0.635. The van der Waals surface area contributed by atoms with Crippen molar-refractivity contribution in [2.45, 2.75) is 13.0 Å². The van der Waals surface area contributed by atoms with Crippen molar-refractivity contribution in [2.24, 2.45) is 0 Å². The molecule has 0 amide bonds. The molecule has 2 aromatic carbocycles. The van der Waals surface area contributed by atoms with E-state index in [-0.39, 0.29) is 6.04 Å². The molecule has 5 heteroatoms. The summed E-state index contributed by atoms with van der Waals surface area (Å²) in [4.78, 5) is 0. The lowest BCUT2D eigenvalue weighted by Crippen LogP contribution is -2.07. The van der Waals surface area contributed by atoms with Crippen LogP contribution in [0.5, 0.6) is 0 Å². The smallest absolute Gasteiger partial charge is 0.0504 e. The molecule has 1 unspecified atom stereocenters. The molecule has 0 heterocycles. The molecule has 100 valence electrons. The minimum absolute atomic E-state index is 0.0412. The third-order valence-electron chi connectivity index (χ3n) is 2.73. The lowest BCUT2D eigenvalue weighted by molar-refractivity contribution is 0.884. The Balaban J connectivity index is 2.25. The van der Waals surface area contributed by atoms with Crippen molar-refractivity contribution in [3.63, 3.8) is 0 Å². The number of hydrogen-bond donors (Lipinski definition) is 1. The molecule has 0 aliphatic heterocycles. The largest absolute Gasteiger partial charge is 0.378 e. The van der Waals surface area contributed by atoms with Crippen molar-refractivity contribution in [3.8, 4) is 0 Å². The van der Waals surface area contributed by atoms with Gasteiger partial charge in [0.25, 0.3) is 0 Å². The average Bonchev–Trinajstić information content (AvgIpc) is 2.33. The maximum absolute atomic E-state index is 6.20. The van der Waals surface area contributed by atoms with Gasteiger partial charge in [0.1, 0.15) is 0 Å². The summed E-state index contributed by atoms with van der Waals surface area (Å²) in [6, 6.07) is 11.1. The summed E-state index contributed by atoms with van der Waals surface area (Å²) in [5.41, 5.74) is 1.91. The van der Waals surface area contributed by atoms with Gasteiger partial charge in [0.15, 0.2) is 0 Å². The van der Waals surface area contributed by atoms with Gasteiger partial charge < -0.3 is 5.32 Å². The monoisotopic (exact) mass is 377 g/mol. The third kappa shape index (κ3) is 3.79. The van der Waals surface area contributed by atoms with Crippen molar-refractivity contribution in [1.29, 1.82) is 0 Å². The molecule has 19 heavy (non-hydrogen) atoms. The van der Waals surface area contributed by atoms with Gasteiger partial charge in [-0.3, -0.25) is 0 Å². The molecule has 1 N–H and O–H groups in total. The highest BCUT2D eigenvalue weighted by atomic mass is 79.9. The maximum atomic E-state index is 6.20. The highest BCUT2D eigenvalue weighted by Crippen LogP contribution is 2.32. The molecular weight excluding hydrogens is 368 g/mol. The molecule has 1 atom stereocenters. The topological polar surface area (TPSA) is 12.0 Å². The van der Waals surface area contributed by atoms with E-state index in [1.807, 2.05) is 37.3 Å². The fraction of sp³-hybridized carbons (Fsp3) is 0.143. The van der Waals surface area contributed by atoms with Crippen LogP contribution >= 0.6 is 50.7 Å². The van der Waals surface area contributed by atoms with Gasteiger partial charge in [0.2, 0.25) is 0 Å². The van der Waals surface area contributed by atoms with Gasteiger partial charge in [-0.25, -0.2) is 0 Å². The summed E-state index contributed by atoms with van der Waals surface area (Å²) < 4.78 is 0.953. The van der Waals surface area contributed by atoms with Crippen molar-refractivity contribution >= 4 is 56.4 Å².